The lowest BCUT2D eigenvalue weighted by molar-refractivity contribution is -0.134. The van der Waals surface area contributed by atoms with Gasteiger partial charge in [0.25, 0.3) is 0 Å². The van der Waals surface area contributed by atoms with Gasteiger partial charge in [-0.2, -0.15) is 9.97 Å². The molecule has 218 valence electrons. The topological polar surface area (TPSA) is 132 Å². The van der Waals surface area contributed by atoms with Crippen LogP contribution >= 0.6 is 0 Å². The minimum Gasteiger partial charge on any atom is -0.463 e. The highest BCUT2D eigenvalue weighted by Gasteiger charge is 2.16. The third kappa shape index (κ3) is 8.28. The molecular weight excluding hydrogens is 510 g/mol. The van der Waals surface area contributed by atoms with Crippen molar-refractivity contribution in [2.45, 2.75) is 71.9 Å². The van der Waals surface area contributed by atoms with E-state index in [0.717, 1.165) is 57.4 Å². The first-order valence-electron chi connectivity index (χ1n) is 14.6. The van der Waals surface area contributed by atoms with Crippen LogP contribution in [0.3, 0.4) is 0 Å². The molecule has 0 atom stereocenters. The molecule has 11 nitrogen and oxygen atoms in total. The Bertz CT molecular complexity index is 1300. The van der Waals surface area contributed by atoms with Gasteiger partial charge in [-0.25, -0.2) is 4.79 Å². The highest BCUT2D eigenvalue weighted by molar-refractivity contribution is 5.81. The number of anilines is 1. The van der Waals surface area contributed by atoms with E-state index >= 15 is 0 Å². The van der Waals surface area contributed by atoms with Crippen molar-refractivity contribution in [2.24, 2.45) is 0 Å². The van der Waals surface area contributed by atoms with Crippen LogP contribution in [0.1, 0.15) is 64.4 Å². The molecule has 1 saturated heterocycles. The van der Waals surface area contributed by atoms with Gasteiger partial charge in [-0.3, -0.25) is 14.3 Å². The molecule has 0 saturated carbocycles. The lowest BCUT2D eigenvalue weighted by atomic mass is 10.2. The smallest absolute Gasteiger partial charge is 0.327 e. The summed E-state index contributed by atoms with van der Waals surface area (Å²) in [6.07, 6.45) is 6.60. The van der Waals surface area contributed by atoms with Gasteiger partial charge in [0.05, 0.1) is 6.61 Å². The Kier molecular flexibility index (Phi) is 10.9. The summed E-state index contributed by atoms with van der Waals surface area (Å²) in [7, 11) is 0. The number of likely N-dealkylation sites (tertiary alicyclic amines) is 1. The highest BCUT2D eigenvalue weighted by Crippen LogP contribution is 2.19. The van der Waals surface area contributed by atoms with Crippen LogP contribution in [0.4, 0.5) is 5.82 Å². The Morgan fingerprint density at radius 1 is 1.10 bits per heavy atom. The normalized spacial score (nSPS) is 13.9. The number of fused-ring (bicyclic) bond motifs is 1. The summed E-state index contributed by atoms with van der Waals surface area (Å²) < 4.78 is 12.7. The number of nitrogens with one attached hydrogen (secondary N) is 1. The Morgan fingerprint density at radius 3 is 2.62 bits per heavy atom. The van der Waals surface area contributed by atoms with Gasteiger partial charge < -0.3 is 25.1 Å². The SMILES string of the molecule is CCCCOc1nc(N)c2[nH]c(=O)n(CCCN(CCCN3CCCC3)Cc3cccc(OC(=O)CC)c3)c2n1. The number of unbranched alkanes of at least 4 members (excludes halogenated alkanes) is 1. The first-order chi connectivity index (χ1) is 19.5. The number of nitrogen functional groups attached to an aromatic ring is 1. The third-order valence-corrected chi connectivity index (χ3v) is 7.19. The second-order valence-corrected chi connectivity index (χ2v) is 10.4. The van der Waals surface area contributed by atoms with E-state index in [-0.39, 0.29) is 23.5 Å². The second kappa shape index (κ2) is 14.8. The van der Waals surface area contributed by atoms with Crippen molar-refractivity contribution in [3.05, 3.63) is 40.3 Å². The average molecular weight is 554 g/mol. The number of aromatic amines is 1. The Hall–Kier alpha value is -3.44. The van der Waals surface area contributed by atoms with Crippen molar-refractivity contribution in [3.63, 3.8) is 0 Å². The molecule has 3 N–H and O–H groups in total. The van der Waals surface area contributed by atoms with E-state index < -0.39 is 0 Å². The van der Waals surface area contributed by atoms with Crippen LogP contribution in [0.25, 0.3) is 11.2 Å². The monoisotopic (exact) mass is 553 g/mol. The zero-order valence-corrected chi connectivity index (χ0v) is 23.9. The van der Waals surface area contributed by atoms with Crippen LogP contribution in [0.15, 0.2) is 29.1 Å². The number of nitrogens with two attached hydrogens (primary N) is 1. The van der Waals surface area contributed by atoms with Gasteiger partial charge in [0, 0.05) is 26.1 Å². The van der Waals surface area contributed by atoms with Gasteiger partial charge in [0.15, 0.2) is 11.5 Å². The number of hydrogen-bond acceptors (Lipinski definition) is 9. The van der Waals surface area contributed by atoms with Gasteiger partial charge in [-0.15, -0.1) is 0 Å². The molecule has 0 radical (unpaired) electrons. The van der Waals surface area contributed by atoms with Crippen molar-refractivity contribution >= 4 is 23.0 Å². The summed E-state index contributed by atoms with van der Waals surface area (Å²) in [5, 5.41) is 0. The number of nitrogens with zero attached hydrogens (tertiary/aromatic N) is 5. The van der Waals surface area contributed by atoms with E-state index in [2.05, 4.69) is 37.7 Å². The predicted octanol–water partition coefficient (Wildman–Crippen LogP) is 3.57. The van der Waals surface area contributed by atoms with Gasteiger partial charge in [-0.1, -0.05) is 32.4 Å². The van der Waals surface area contributed by atoms with Crippen LogP contribution < -0.4 is 20.9 Å². The molecule has 2 aromatic heterocycles. The number of aromatic nitrogens is 4. The van der Waals surface area contributed by atoms with Crippen molar-refractivity contribution in [1.29, 1.82) is 0 Å². The summed E-state index contributed by atoms with van der Waals surface area (Å²) in [6, 6.07) is 7.92. The summed E-state index contributed by atoms with van der Waals surface area (Å²) in [4.78, 5) is 41.0. The standard InChI is InChI=1S/C29H43N7O4/c1-3-5-19-39-28-32-26(30)25-27(33-28)36(29(38)31-25)18-10-17-35(16-9-15-34-13-6-7-14-34)21-22-11-8-12-23(20-22)40-24(37)4-2/h8,11-12,20H,3-7,9-10,13-19,21H2,1-2H3,(H,31,38)(H2,30,32,33). The van der Waals surface area contributed by atoms with Crippen LogP contribution in [0, 0.1) is 0 Å². The maximum Gasteiger partial charge on any atom is 0.327 e. The van der Waals surface area contributed by atoms with Crippen LogP contribution in [0.5, 0.6) is 11.8 Å². The number of H-pyrrole nitrogens is 1. The van der Waals surface area contributed by atoms with E-state index in [1.165, 1.54) is 25.9 Å². The molecule has 0 bridgehead atoms. The minimum atomic E-state index is -0.257. The molecule has 1 aliphatic rings. The average Bonchev–Trinajstić information content (AvgIpc) is 3.57. The number of rotatable bonds is 16. The molecule has 40 heavy (non-hydrogen) atoms. The fourth-order valence-corrected chi connectivity index (χ4v) is 5.03. The van der Waals surface area contributed by atoms with Crippen molar-refractivity contribution < 1.29 is 14.3 Å². The number of esters is 1. The predicted molar refractivity (Wildman–Crippen MR) is 156 cm³/mol. The zero-order valence-electron chi connectivity index (χ0n) is 23.9. The van der Waals surface area contributed by atoms with Crippen LogP contribution in [-0.4, -0.2) is 74.6 Å². The molecule has 4 rings (SSSR count). The van der Waals surface area contributed by atoms with Gasteiger partial charge in [0.1, 0.15) is 11.3 Å². The Labute approximate surface area is 235 Å². The summed E-state index contributed by atoms with van der Waals surface area (Å²) >= 11 is 0. The maximum atomic E-state index is 12.8. The number of imidazole rings is 1. The van der Waals surface area contributed by atoms with E-state index in [9.17, 15) is 9.59 Å². The van der Waals surface area contributed by atoms with E-state index in [1.807, 2.05) is 18.2 Å². The number of carbonyl (C=O) groups is 1. The molecule has 0 aliphatic carbocycles. The molecular formula is C29H43N7O4. The molecule has 3 heterocycles. The van der Waals surface area contributed by atoms with Crippen molar-refractivity contribution in [1.82, 2.24) is 29.3 Å². The molecule has 0 spiro atoms. The number of carbonyl (C=O) groups excluding carboxylic acids is 1. The fourth-order valence-electron chi connectivity index (χ4n) is 5.03. The first kappa shape index (κ1) is 29.5. The summed E-state index contributed by atoms with van der Waals surface area (Å²) in [5.41, 5.74) is 7.84. The molecule has 0 unspecified atom stereocenters. The lowest BCUT2D eigenvalue weighted by Crippen LogP contribution is -2.30. The fraction of sp³-hybridized carbons (Fsp3) is 0.586. The minimum absolute atomic E-state index is 0.193. The summed E-state index contributed by atoms with van der Waals surface area (Å²) in [6.45, 7) is 10.8. The lowest BCUT2D eigenvalue weighted by Gasteiger charge is -2.24. The molecule has 0 amide bonds. The van der Waals surface area contributed by atoms with E-state index in [0.29, 0.717) is 36.5 Å². The highest BCUT2D eigenvalue weighted by atomic mass is 16.5. The molecule has 1 aliphatic heterocycles. The number of aryl methyl sites for hydroxylation is 1. The first-order valence-corrected chi connectivity index (χ1v) is 14.6. The number of benzene rings is 1. The Morgan fingerprint density at radius 2 is 1.88 bits per heavy atom. The number of hydrogen-bond donors (Lipinski definition) is 2. The van der Waals surface area contributed by atoms with E-state index in [4.69, 9.17) is 15.2 Å². The van der Waals surface area contributed by atoms with Crippen molar-refractivity contribution in [3.8, 4) is 11.8 Å². The van der Waals surface area contributed by atoms with Crippen LogP contribution in [0.2, 0.25) is 0 Å². The quantitative estimate of drug-likeness (QED) is 0.155. The third-order valence-electron chi connectivity index (χ3n) is 7.19. The largest absolute Gasteiger partial charge is 0.463 e. The second-order valence-electron chi connectivity index (χ2n) is 10.4. The molecule has 1 fully saturated rings. The van der Waals surface area contributed by atoms with Gasteiger partial charge in [0.2, 0.25) is 0 Å². The maximum absolute atomic E-state index is 12.8. The van der Waals surface area contributed by atoms with E-state index in [1.54, 1.807) is 11.5 Å². The molecule has 11 heteroatoms. The molecule has 3 aromatic rings. The summed E-state index contributed by atoms with van der Waals surface area (Å²) in [5.74, 6) is 0.535. The number of ether oxygens (including phenoxy) is 2. The van der Waals surface area contributed by atoms with Gasteiger partial charge in [-0.05, 0) is 76.0 Å². The van der Waals surface area contributed by atoms with Crippen LogP contribution in [-0.2, 0) is 17.9 Å². The molecule has 1 aromatic carbocycles. The Balaban J connectivity index is 1.43. The van der Waals surface area contributed by atoms with Gasteiger partial charge >= 0.3 is 17.7 Å². The van der Waals surface area contributed by atoms with Crippen molar-refractivity contribution in [2.75, 3.05) is 45.1 Å². The zero-order chi connectivity index (χ0) is 28.3.